The number of aliphatic hydroxyl groups is 1. The van der Waals surface area contributed by atoms with E-state index in [0.29, 0.717) is 19.3 Å². The molecule has 0 rings (SSSR count). The maximum atomic E-state index is 12.9. The number of carbonyl (C=O) groups excluding carboxylic acids is 3. The molecule has 3 unspecified atom stereocenters. The molecule has 3 atom stereocenters. The monoisotopic (exact) mass is 1030 g/mol. The van der Waals surface area contributed by atoms with Crippen molar-refractivity contribution in [2.75, 3.05) is 26.4 Å². The maximum Gasteiger partial charge on any atom is 0.472 e. The smallest absolute Gasteiger partial charge is 0.462 e. The fourth-order valence-electron chi connectivity index (χ4n) is 7.93. The lowest BCUT2D eigenvalue weighted by molar-refractivity contribution is -0.161. The Morgan fingerprint density at radius 2 is 0.736 bits per heavy atom. The molecule has 72 heavy (non-hydrogen) atoms. The van der Waals surface area contributed by atoms with Crippen LogP contribution >= 0.6 is 7.82 Å². The summed E-state index contributed by atoms with van der Waals surface area (Å²) in [5.74, 6) is -1.49. The third-order valence-corrected chi connectivity index (χ3v) is 13.3. The predicted octanol–water partition coefficient (Wildman–Crippen LogP) is 17.1. The summed E-state index contributed by atoms with van der Waals surface area (Å²) in [5, 5.41) is 9.79. The van der Waals surface area contributed by atoms with E-state index in [9.17, 15) is 28.9 Å². The summed E-state index contributed by atoms with van der Waals surface area (Å²) >= 11 is 0. The van der Waals surface area contributed by atoms with Gasteiger partial charge in [-0.3, -0.25) is 23.4 Å². The van der Waals surface area contributed by atoms with Crippen molar-refractivity contribution in [3.05, 3.63) is 60.8 Å². The third-order valence-electron chi connectivity index (χ3n) is 12.4. The van der Waals surface area contributed by atoms with E-state index >= 15 is 0 Å². The number of phosphoric acid groups is 1. The second-order valence-corrected chi connectivity index (χ2v) is 20.9. The highest BCUT2D eigenvalue weighted by molar-refractivity contribution is 7.47. The van der Waals surface area contributed by atoms with Crippen LogP contribution in [0.2, 0.25) is 0 Å². The molecule has 0 saturated carbocycles. The van der Waals surface area contributed by atoms with E-state index < -0.39 is 57.8 Å². The predicted molar refractivity (Wildman–Crippen MR) is 298 cm³/mol. The zero-order valence-corrected chi connectivity index (χ0v) is 47.0. The molecule has 2 N–H and O–H groups in total. The first kappa shape index (κ1) is 69.2. The first-order valence-corrected chi connectivity index (χ1v) is 30.7. The standard InChI is InChI=1S/C60H107O11P/c1-4-7-10-13-16-19-22-24-26-27-28-29-31-32-35-37-40-43-46-49-58(62)67-53-57(71-60(64)51-48-45-42-39-36-33-30-25-23-20-17-14-11-8-5-2)55-69-72(65,66)68-54-56(52-61)70-59(63)50-47-44-41-38-34-21-18-15-12-9-6-3/h8,11,15,17-18,20,24-26,30,56-57,61H,4-7,9-10,12-14,16,19,21-23,27-29,31-55H2,1-3H3,(H,65,66)/b11-8-,18-15-,20-17-,26-24-,30-25-. The van der Waals surface area contributed by atoms with Crippen molar-refractivity contribution in [2.24, 2.45) is 0 Å². The van der Waals surface area contributed by atoms with Crippen LogP contribution in [0.3, 0.4) is 0 Å². The SMILES string of the molecule is CC/C=C\C/C=C\C/C=C\CCCCCCCC(=O)OC(COC(=O)CCCCCCCCCCC/C=C\CCCCCCCC)COP(=O)(O)OCC(CO)OC(=O)CCCCCCC/C=C\CCCC. The molecular weight excluding hydrogens is 928 g/mol. The molecule has 0 aliphatic rings. The first-order chi connectivity index (χ1) is 35.2. The molecule has 0 aromatic heterocycles. The number of carbonyl (C=O) groups is 3. The van der Waals surface area contributed by atoms with Gasteiger partial charge in [0.25, 0.3) is 0 Å². The highest BCUT2D eigenvalue weighted by Gasteiger charge is 2.28. The average molecular weight is 1040 g/mol. The molecule has 418 valence electrons. The Balaban J connectivity index is 4.72. The molecule has 0 aliphatic carbocycles. The molecule has 0 amide bonds. The van der Waals surface area contributed by atoms with Gasteiger partial charge in [-0.15, -0.1) is 0 Å². The second-order valence-electron chi connectivity index (χ2n) is 19.4. The van der Waals surface area contributed by atoms with E-state index in [-0.39, 0.29) is 25.9 Å². The third kappa shape index (κ3) is 52.1. The van der Waals surface area contributed by atoms with E-state index in [4.69, 9.17) is 23.3 Å². The molecule has 0 spiro atoms. The molecule has 0 aromatic rings. The van der Waals surface area contributed by atoms with Gasteiger partial charge >= 0.3 is 25.7 Å². The minimum atomic E-state index is -4.75. The van der Waals surface area contributed by atoms with E-state index in [1.54, 1.807) is 0 Å². The van der Waals surface area contributed by atoms with Crippen molar-refractivity contribution in [1.82, 2.24) is 0 Å². The number of allylic oxidation sites excluding steroid dienone is 10. The fourth-order valence-corrected chi connectivity index (χ4v) is 8.72. The summed E-state index contributed by atoms with van der Waals surface area (Å²) in [6.45, 7) is 4.47. The van der Waals surface area contributed by atoms with Gasteiger partial charge in [0.05, 0.1) is 19.8 Å². The van der Waals surface area contributed by atoms with Gasteiger partial charge in [-0.25, -0.2) is 4.57 Å². The number of aliphatic hydroxyl groups excluding tert-OH is 1. The molecule has 12 heteroatoms. The van der Waals surface area contributed by atoms with Crippen LogP contribution in [0.4, 0.5) is 0 Å². The van der Waals surface area contributed by atoms with E-state index in [2.05, 4.69) is 81.5 Å². The Labute approximate surface area is 440 Å². The number of ether oxygens (including phenoxy) is 3. The Morgan fingerprint density at radius 1 is 0.403 bits per heavy atom. The number of hydrogen-bond donors (Lipinski definition) is 2. The van der Waals surface area contributed by atoms with Gasteiger partial charge in [-0.05, 0) is 96.3 Å². The van der Waals surface area contributed by atoms with Crippen LogP contribution in [0.5, 0.6) is 0 Å². The van der Waals surface area contributed by atoms with Crippen molar-refractivity contribution in [2.45, 2.75) is 277 Å². The van der Waals surface area contributed by atoms with Crippen molar-refractivity contribution < 1.29 is 52.2 Å². The normalized spacial score (nSPS) is 13.8. The first-order valence-electron chi connectivity index (χ1n) is 29.2. The zero-order chi connectivity index (χ0) is 52.7. The minimum Gasteiger partial charge on any atom is -0.462 e. The van der Waals surface area contributed by atoms with Crippen LogP contribution in [0.15, 0.2) is 60.8 Å². The van der Waals surface area contributed by atoms with Crippen molar-refractivity contribution in [3.8, 4) is 0 Å². The van der Waals surface area contributed by atoms with Crippen LogP contribution in [0.1, 0.15) is 265 Å². The lowest BCUT2D eigenvalue weighted by Crippen LogP contribution is -2.30. The van der Waals surface area contributed by atoms with Gasteiger partial charge in [-0.2, -0.15) is 0 Å². The summed E-state index contributed by atoms with van der Waals surface area (Å²) in [6, 6.07) is 0. The number of unbranched alkanes of at least 4 members (excludes halogenated alkanes) is 27. The summed E-state index contributed by atoms with van der Waals surface area (Å²) in [4.78, 5) is 48.5. The molecule has 0 fully saturated rings. The van der Waals surface area contributed by atoms with Gasteiger partial charge < -0.3 is 24.2 Å². The largest absolute Gasteiger partial charge is 0.472 e. The summed E-state index contributed by atoms with van der Waals surface area (Å²) in [5.41, 5.74) is 0. The quantitative estimate of drug-likeness (QED) is 0.0197. The van der Waals surface area contributed by atoms with Crippen molar-refractivity contribution >= 4 is 25.7 Å². The van der Waals surface area contributed by atoms with Gasteiger partial charge in [0.1, 0.15) is 12.7 Å². The molecule has 0 aromatic carbocycles. The molecular formula is C60H107O11P. The lowest BCUT2D eigenvalue weighted by Gasteiger charge is -2.21. The summed E-state index contributed by atoms with van der Waals surface area (Å²) < 4.78 is 39.5. The number of rotatable bonds is 54. The minimum absolute atomic E-state index is 0.147. The van der Waals surface area contributed by atoms with E-state index in [1.807, 2.05) is 0 Å². The molecule has 0 bridgehead atoms. The molecule has 0 saturated heterocycles. The zero-order valence-electron chi connectivity index (χ0n) is 46.1. The van der Waals surface area contributed by atoms with Crippen LogP contribution in [-0.2, 0) is 42.2 Å². The van der Waals surface area contributed by atoms with Crippen LogP contribution < -0.4 is 0 Å². The summed E-state index contributed by atoms with van der Waals surface area (Å²) in [6.07, 6.45) is 59.0. The Morgan fingerprint density at radius 3 is 1.17 bits per heavy atom. The van der Waals surface area contributed by atoms with Crippen LogP contribution in [-0.4, -0.2) is 66.5 Å². The number of esters is 3. The number of hydrogen-bond acceptors (Lipinski definition) is 10. The maximum absolute atomic E-state index is 12.9. The Kier molecular flexibility index (Phi) is 52.3. The lowest BCUT2D eigenvalue weighted by atomic mass is 10.1. The van der Waals surface area contributed by atoms with Gasteiger partial charge in [0, 0.05) is 19.3 Å². The van der Waals surface area contributed by atoms with Crippen molar-refractivity contribution in [3.63, 3.8) is 0 Å². The molecule has 0 aliphatic heterocycles. The van der Waals surface area contributed by atoms with E-state index in [1.165, 1.54) is 96.3 Å². The highest BCUT2D eigenvalue weighted by Crippen LogP contribution is 2.43. The average Bonchev–Trinajstić information content (AvgIpc) is 3.37. The molecule has 11 nitrogen and oxygen atoms in total. The van der Waals surface area contributed by atoms with E-state index in [0.717, 1.165) is 109 Å². The van der Waals surface area contributed by atoms with Gasteiger partial charge in [0.2, 0.25) is 0 Å². The summed E-state index contributed by atoms with van der Waals surface area (Å²) in [7, 11) is -4.75. The van der Waals surface area contributed by atoms with Gasteiger partial charge in [-0.1, -0.05) is 210 Å². The topological polar surface area (TPSA) is 155 Å². The Bertz CT molecular complexity index is 1440. The fraction of sp³-hybridized carbons (Fsp3) is 0.783. The van der Waals surface area contributed by atoms with Crippen LogP contribution in [0.25, 0.3) is 0 Å². The van der Waals surface area contributed by atoms with Gasteiger partial charge in [0.15, 0.2) is 6.10 Å². The van der Waals surface area contributed by atoms with Crippen LogP contribution in [0, 0.1) is 0 Å². The Hall–Kier alpha value is -2.82. The molecule has 0 radical (unpaired) electrons. The second kappa shape index (κ2) is 54.4. The number of phosphoric ester groups is 1. The molecule has 0 heterocycles. The highest BCUT2D eigenvalue weighted by atomic mass is 31.2. The van der Waals surface area contributed by atoms with Crippen molar-refractivity contribution in [1.29, 1.82) is 0 Å².